The van der Waals surface area contributed by atoms with Gasteiger partial charge in [-0.1, -0.05) is 31.4 Å². The average molecular weight is 347 g/mol. The van der Waals surface area contributed by atoms with Crippen LogP contribution in [-0.2, 0) is 0 Å². The summed E-state index contributed by atoms with van der Waals surface area (Å²) in [5.74, 6) is -0.147. The van der Waals surface area contributed by atoms with Crippen LogP contribution in [0.5, 0.6) is 0 Å². The number of para-hydroxylation sites is 1. The van der Waals surface area contributed by atoms with E-state index in [0.717, 1.165) is 42.5 Å². The van der Waals surface area contributed by atoms with Crippen LogP contribution in [0.3, 0.4) is 0 Å². The van der Waals surface area contributed by atoms with Crippen LogP contribution in [0, 0.1) is 5.92 Å². The van der Waals surface area contributed by atoms with Crippen molar-refractivity contribution in [2.45, 2.75) is 32.1 Å². The molecule has 2 aromatic carbocycles. The number of carbonyl (C=O) groups is 2. The van der Waals surface area contributed by atoms with E-state index in [1.807, 2.05) is 34.9 Å². The Morgan fingerprint density at radius 3 is 2.58 bits per heavy atom. The molecule has 1 aliphatic rings. The zero-order valence-corrected chi connectivity index (χ0v) is 14.5. The Morgan fingerprint density at radius 1 is 1.04 bits per heavy atom. The van der Waals surface area contributed by atoms with E-state index >= 15 is 0 Å². The van der Waals surface area contributed by atoms with Crippen LogP contribution in [0.1, 0.15) is 52.8 Å². The van der Waals surface area contributed by atoms with Crippen molar-refractivity contribution in [3.63, 3.8) is 0 Å². The number of carbonyl (C=O) groups excluding carboxylic acids is 2. The van der Waals surface area contributed by atoms with E-state index in [2.05, 4.69) is 4.98 Å². The second-order valence-corrected chi connectivity index (χ2v) is 6.90. The summed E-state index contributed by atoms with van der Waals surface area (Å²) in [6.07, 6.45) is 7.12. The van der Waals surface area contributed by atoms with Gasteiger partial charge in [0, 0.05) is 17.0 Å². The lowest BCUT2D eigenvalue weighted by molar-refractivity contribution is 0.0889. The van der Waals surface area contributed by atoms with Crippen molar-refractivity contribution >= 4 is 22.7 Å². The molecule has 1 aromatic heterocycles. The third-order valence-corrected chi connectivity index (χ3v) is 5.24. The number of primary amides is 1. The molecule has 1 aliphatic carbocycles. The molecule has 132 valence electrons. The zero-order valence-electron chi connectivity index (χ0n) is 14.5. The zero-order chi connectivity index (χ0) is 18.1. The first-order chi connectivity index (χ1) is 12.6. The molecule has 0 saturated heterocycles. The highest BCUT2D eigenvalue weighted by Gasteiger charge is 2.25. The molecule has 1 fully saturated rings. The van der Waals surface area contributed by atoms with Gasteiger partial charge in [0.2, 0.25) is 5.91 Å². The van der Waals surface area contributed by atoms with E-state index in [9.17, 15) is 9.59 Å². The third-order valence-electron chi connectivity index (χ3n) is 5.24. The maximum absolute atomic E-state index is 13.1. The van der Waals surface area contributed by atoms with Gasteiger partial charge in [-0.15, -0.1) is 0 Å². The highest BCUT2D eigenvalue weighted by atomic mass is 16.1. The molecule has 1 saturated carbocycles. The van der Waals surface area contributed by atoms with Gasteiger partial charge in [-0.3, -0.25) is 14.2 Å². The topological polar surface area (TPSA) is 78.0 Å². The predicted molar refractivity (Wildman–Crippen MR) is 100 cm³/mol. The van der Waals surface area contributed by atoms with Gasteiger partial charge in [-0.25, -0.2) is 4.98 Å². The number of fused-ring (bicyclic) bond motifs is 1. The first-order valence-corrected chi connectivity index (χ1v) is 9.05. The van der Waals surface area contributed by atoms with Crippen molar-refractivity contribution in [3.05, 3.63) is 59.9 Å². The minimum atomic E-state index is -0.477. The van der Waals surface area contributed by atoms with E-state index in [1.54, 1.807) is 18.5 Å². The molecule has 0 bridgehead atoms. The summed E-state index contributed by atoms with van der Waals surface area (Å²) in [7, 11) is 0. The minimum Gasteiger partial charge on any atom is -0.366 e. The van der Waals surface area contributed by atoms with Gasteiger partial charge in [0.05, 0.1) is 16.7 Å². The third kappa shape index (κ3) is 2.90. The molecule has 1 amide bonds. The van der Waals surface area contributed by atoms with Crippen LogP contribution in [0.25, 0.3) is 16.7 Å². The predicted octanol–water partition coefficient (Wildman–Crippen LogP) is 3.89. The fraction of sp³-hybridized carbons (Fsp3) is 0.286. The largest absolute Gasteiger partial charge is 0.366 e. The highest BCUT2D eigenvalue weighted by molar-refractivity contribution is 6.02. The summed E-state index contributed by atoms with van der Waals surface area (Å²) < 4.78 is 1.91. The SMILES string of the molecule is NC(=O)c1ccc2c(c1)ncn2-c1ccccc1C(=O)C1CCCCC1. The van der Waals surface area contributed by atoms with E-state index in [1.165, 1.54) is 6.42 Å². The second-order valence-electron chi connectivity index (χ2n) is 6.90. The Balaban J connectivity index is 1.78. The number of benzene rings is 2. The monoisotopic (exact) mass is 347 g/mol. The molecule has 4 rings (SSSR count). The van der Waals surface area contributed by atoms with Crippen molar-refractivity contribution in [1.29, 1.82) is 0 Å². The van der Waals surface area contributed by atoms with E-state index in [4.69, 9.17) is 5.73 Å². The summed E-state index contributed by atoms with van der Waals surface area (Å²) in [6.45, 7) is 0. The minimum absolute atomic E-state index is 0.112. The lowest BCUT2D eigenvalue weighted by atomic mass is 9.83. The van der Waals surface area contributed by atoms with Gasteiger partial charge in [0.15, 0.2) is 5.78 Å². The lowest BCUT2D eigenvalue weighted by Crippen LogP contribution is -2.19. The van der Waals surface area contributed by atoms with Crippen LogP contribution in [0.2, 0.25) is 0 Å². The van der Waals surface area contributed by atoms with Crippen LogP contribution >= 0.6 is 0 Å². The number of aromatic nitrogens is 2. The van der Waals surface area contributed by atoms with Gasteiger partial charge < -0.3 is 5.73 Å². The Labute approximate surface area is 151 Å². The molecule has 0 unspecified atom stereocenters. The molecule has 26 heavy (non-hydrogen) atoms. The van der Waals surface area contributed by atoms with Crippen LogP contribution in [-0.4, -0.2) is 21.2 Å². The molecule has 2 N–H and O–H groups in total. The van der Waals surface area contributed by atoms with E-state index in [0.29, 0.717) is 11.1 Å². The Kier molecular flexibility index (Phi) is 4.29. The summed E-state index contributed by atoms with van der Waals surface area (Å²) in [6, 6.07) is 12.9. The smallest absolute Gasteiger partial charge is 0.248 e. The summed E-state index contributed by atoms with van der Waals surface area (Å²) in [4.78, 5) is 28.9. The van der Waals surface area contributed by atoms with E-state index < -0.39 is 5.91 Å². The highest BCUT2D eigenvalue weighted by Crippen LogP contribution is 2.30. The summed E-state index contributed by atoms with van der Waals surface area (Å²) in [5, 5.41) is 0. The number of ketones is 1. The average Bonchev–Trinajstić information content (AvgIpc) is 3.11. The lowest BCUT2D eigenvalue weighted by Gasteiger charge is -2.21. The number of Topliss-reactive ketones (excluding diaryl/α,β-unsaturated/α-hetero) is 1. The van der Waals surface area contributed by atoms with Crippen molar-refractivity contribution < 1.29 is 9.59 Å². The normalized spacial score (nSPS) is 15.2. The maximum atomic E-state index is 13.1. The van der Waals surface area contributed by atoms with Crippen molar-refractivity contribution in [2.24, 2.45) is 11.7 Å². The molecule has 5 heteroatoms. The number of rotatable bonds is 4. The molecule has 0 aliphatic heterocycles. The molecular formula is C21H21N3O2. The molecule has 0 radical (unpaired) electrons. The molecule has 1 heterocycles. The molecule has 0 spiro atoms. The number of nitrogens with two attached hydrogens (primary N) is 1. The maximum Gasteiger partial charge on any atom is 0.248 e. The number of hydrogen-bond acceptors (Lipinski definition) is 3. The van der Waals surface area contributed by atoms with Crippen molar-refractivity contribution in [1.82, 2.24) is 9.55 Å². The summed E-state index contributed by atoms with van der Waals surface area (Å²) >= 11 is 0. The van der Waals surface area contributed by atoms with E-state index in [-0.39, 0.29) is 11.7 Å². The van der Waals surface area contributed by atoms with Crippen molar-refractivity contribution in [3.8, 4) is 5.69 Å². The van der Waals surface area contributed by atoms with Gasteiger partial charge in [-0.05, 0) is 43.2 Å². The molecule has 0 atom stereocenters. The van der Waals surface area contributed by atoms with Gasteiger partial charge in [0.25, 0.3) is 0 Å². The number of imidazole rings is 1. The molecule has 5 nitrogen and oxygen atoms in total. The number of nitrogens with zero attached hydrogens (tertiary/aromatic N) is 2. The van der Waals surface area contributed by atoms with Crippen LogP contribution < -0.4 is 5.73 Å². The standard InChI is InChI=1S/C21H21N3O2/c22-21(26)15-10-11-19-17(12-15)23-13-24(19)18-9-5-4-8-16(18)20(25)14-6-2-1-3-7-14/h4-5,8-14H,1-3,6-7H2,(H2,22,26). The van der Waals surface area contributed by atoms with Crippen LogP contribution in [0.4, 0.5) is 0 Å². The van der Waals surface area contributed by atoms with Gasteiger partial charge in [-0.2, -0.15) is 0 Å². The van der Waals surface area contributed by atoms with Gasteiger partial charge >= 0.3 is 0 Å². The van der Waals surface area contributed by atoms with Crippen molar-refractivity contribution in [2.75, 3.05) is 0 Å². The van der Waals surface area contributed by atoms with Crippen LogP contribution in [0.15, 0.2) is 48.8 Å². The Morgan fingerprint density at radius 2 is 1.81 bits per heavy atom. The first-order valence-electron chi connectivity index (χ1n) is 9.05. The molecule has 3 aromatic rings. The summed E-state index contributed by atoms with van der Waals surface area (Å²) in [5.41, 5.74) is 8.87. The second kappa shape index (κ2) is 6.75. The quantitative estimate of drug-likeness (QED) is 0.727. The fourth-order valence-electron chi connectivity index (χ4n) is 3.83. The fourth-order valence-corrected chi connectivity index (χ4v) is 3.83. The first kappa shape index (κ1) is 16.5. The Hall–Kier alpha value is -2.95. The molecular weight excluding hydrogens is 326 g/mol. The van der Waals surface area contributed by atoms with Gasteiger partial charge in [0.1, 0.15) is 6.33 Å². The number of amides is 1. The Bertz CT molecular complexity index is 984. The number of hydrogen-bond donors (Lipinski definition) is 1.